The highest BCUT2D eigenvalue weighted by Gasteiger charge is 2.30. The van der Waals surface area contributed by atoms with Crippen LogP contribution in [0.5, 0.6) is 0 Å². The van der Waals surface area contributed by atoms with Crippen molar-refractivity contribution in [3.63, 3.8) is 0 Å². The molecule has 0 spiro atoms. The number of carbonyl (C=O) groups is 1. The van der Waals surface area contributed by atoms with Gasteiger partial charge in [-0.1, -0.05) is 0 Å². The van der Waals surface area contributed by atoms with Gasteiger partial charge in [-0.3, -0.25) is 4.79 Å². The van der Waals surface area contributed by atoms with Gasteiger partial charge in [-0.05, 0) is 12.8 Å². The van der Waals surface area contributed by atoms with Crippen molar-refractivity contribution in [2.75, 3.05) is 20.1 Å². The van der Waals surface area contributed by atoms with Crippen LogP contribution in [-0.4, -0.2) is 48.2 Å². The predicted molar refractivity (Wildman–Crippen MR) is 62.7 cm³/mol. The van der Waals surface area contributed by atoms with Crippen LogP contribution in [0.15, 0.2) is 0 Å². The Balaban J connectivity index is 2.27. The quantitative estimate of drug-likeness (QED) is 0.509. The van der Waals surface area contributed by atoms with E-state index >= 15 is 0 Å². The molecule has 1 amide bonds. The summed E-state index contributed by atoms with van der Waals surface area (Å²) >= 11 is 0. The van der Waals surface area contributed by atoms with Gasteiger partial charge in [0.2, 0.25) is 5.91 Å². The molecule has 0 aliphatic carbocycles. The molecule has 1 heterocycles. The van der Waals surface area contributed by atoms with E-state index in [9.17, 15) is 9.90 Å². The number of carbonyl (C=O) groups excluding carboxylic acids is 1. The van der Waals surface area contributed by atoms with E-state index in [1.54, 1.807) is 11.9 Å². The van der Waals surface area contributed by atoms with Gasteiger partial charge in [0.15, 0.2) is 0 Å². The standard InChI is InChI=1S/C12H20N2O2/c1-3-4-5-6-7-12(16)14(2)10-8-13-9-11(10)15/h1,10-11,13,15H,4-9H2,2H3/t10-,11-/m0/s1. The molecule has 90 valence electrons. The lowest BCUT2D eigenvalue weighted by Crippen LogP contribution is -2.44. The summed E-state index contributed by atoms with van der Waals surface area (Å²) < 4.78 is 0. The molecule has 0 radical (unpaired) electrons. The van der Waals surface area contributed by atoms with E-state index in [0.29, 0.717) is 19.5 Å². The Morgan fingerprint density at radius 1 is 1.56 bits per heavy atom. The van der Waals surface area contributed by atoms with E-state index < -0.39 is 6.10 Å². The van der Waals surface area contributed by atoms with Gasteiger partial charge < -0.3 is 15.3 Å². The van der Waals surface area contributed by atoms with Gasteiger partial charge in [0.05, 0.1) is 12.1 Å². The largest absolute Gasteiger partial charge is 0.390 e. The Hall–Kier alpha value is -1.05. The number of amides is 1. The fraction of sp³-hybridized carbons (Fsp3) is 0.750. The van der Waals surface area contributed by atoms with Crippen molar-refractivity contribution < 1.29 is 9.90 Å². The lowest BCUT2D eigenvalue weighted by molar-refractivity contribution is -0.133. The summed E-state index contributed by atoms with van der Waals surface area (Å²) in [7, 11) is 1.75. The molecular weight excluding hydrogens is 204 g/mol. The highest BCUT2D eigenvalue weighted by molar-refractivity contribution is 5.76. The summed E-state index contributed by atoms with van der Waals surface area (Å²) in [5, 5.41) is 12.7. The normalized spacial score (nSPS) is 24.1. The maximum Gasteiger partial charge on any atom is 0.222 e. The molecule has 1 aliphatic rings. The number of β-amino-alcohol motifs (C(OH)–C–C–N with tert-alkyl or cyclic N) is 1. The van der Waals surface area contributed by atoms with Gasteiger partial charge in [-0.2, -0.15) is 0 Å². The first-order valence-electron chi connectivity index (χ1n) is 5.74. The SMILES string of the molecule is C#CCCCCC(=O)N(C)[C@H]1CNC[C@@H]1O. The first-order valence-corrected chi connectivity index (χ1v) is 5.74. The third kappa shape index (κ3) is 3.51. The Kier molecular flexibility index (Phi) is 5.30. The Bertz CT molecular complexity index is 273. The molecule has 2 atom stereocenters. The minimum Gasteiger partial charge on any atom is -0.390 e. The van der Waals surface area contributed by atoms with Crippen molar-refractivity contribution in [3.05, 3.63) is 0 Å². The molecule has 1 aliphatic heterocycles. The van der Waals surface area contributed by atoms with Crippen LogP contribution < -0.4 is 5.32 Å². The summed E-state index contributed by atoms with van der Waals surface area (Å²) in [6.45, 7) is 1.24. The van der Waals surface area contributed by atoms with Crippen LogP contribution in [0, 0.1) is 12.3 Å². The van der Waals surface area contributed by atoms with Crippen LogP contribution in [0.2, 0.25) is 0 Å². The van der Waals surface area contributed by atoms with Gasteiger partial charge in [-0.15, -0.1) is 12.3 Å². The molecule has 4 nitrogen and oxygen atoms in total. The van der Waals surface area contributed by atoms with Gasteiger partial charge in [0.25, 0.3) is 0 Å². The van der Waals surface area contributed by atoms with Crippen LogP contribution in [0.3, 0.4) is 0 Å². The third-order valence-corrected chi connectivity index (χ3v) is 3.00. The molecule has 0 aromatic heterocycles. The molecule has 0 aromatic rings. The number of unbranched alkanes of at least 4 members (excludes halogenated alkanes) is 2. The highest BCUT2D eigenvalue weighted by atomic mass is 16.3. The molecule has 1 fully saturated rings. The van der Waals surface area contributed by atoms with Crippen molar-refractivity contribution in [2.24, 2.45) is 0 Å². The fourth-order valence-electron chi connectivity index (χ4n) is 1.91. The number of terminal acetylenes is 1. The number of nitrogens with one attached hydrogen (secondary N) is 1. The summed E-state index contributed by atoms with van der Waals surface area (Å²) in [4.78, 5) is 13.4. The zero-order valence-corrected chi connectivity index (χ0v) is 9.78. The maximum atomic E-state index is 11.8. The predicted octanol–water partition coefficient (Wildman–Crippen LogP) is -0.0289. The number of nitrogens with zero attached hydrogens (tertiary/aromatic N) is 1. The first kappa shape index (κ1) is 13.0. The zero-order chi connectivity index (χ0) is 12.0. The second-order valence-electron chi connectivity index (χ2n) is 4.21. The Labute approximate surface area is 97.0 Å². The van der Waals surface area contributed by atoms with E-state index in [2.05, 4.69) is 11.2 Å². The van der Waals surface area contributed by atoms with Crippen molar-refractivity contribution in [2.45, 2.75) is 37.8 Å². The number of likely N-dealkylation sites (N-methyl/N-ethyl adjacent to an activating group) is 1. The second kappa shape index (κ2) is 6.51. The minimum absolute atomic E-state index is 0.0832. The molecule has 16 heavy (non-hydrogen) atoms. The summed E-state index contributed by atoms with van der Waals surface area (Å²) in [5.74, 6) is 2.65. The average Bonchev–Trinajstić information content (AvgIpc) is 2.69. The van der Waals surface area contributed by atoms with Gasteiger partial charge in [0.1, 0.15) is 0 Å². The molecular formula is C12H20N2O2. The van der Waals surface area contributed by atoms with Gasteiger partial charge in [-0.25, -0.2) is 0 Å². The van der Waals surface area contributed by atoms with Crippen LogP contribution in [-0.2, 0) is 4.79 Å². The van der Waals surface area contributed by atoms with Crippen molar-refractivity contribution in [1.82, 2.24) is 10.2 Å². The van der Waals surface area contributed by atoms with E-state index in [-0.39, 0.29) is 11.9 Å². The number of aliphatic hydroxyl groups excluding tert-OH is 1. The first-order chi connectivity index (χ1) is 7.66. The van der Waals surface area contributed by atoms with Crippen LogP contribution in [0.1, 0.15) is 25.7 Å². The molecule has 1 saturated heterocycles. The molecule has 0 unspecified atom stereocenters. The number of rotatable bonds is 5. The minimum atomic E-state index is -0.445. The lowest BCUT2D eigenvalue weighted by Gasteiger charge is -2.26. The lowest BCUT2D eigenvalue weighted by atomic mass is 10.1. The molecule has 2 N–H and O–H groups in total. The molecule has 0 aromatic carbocycles. The van der Waals surface area contributed by atoms with Crippen molar-refractivity contribution >= 4 is 5.91 Å². The monoisotopic (exact) mass is 224 g/mol. The van der Waals surface area contributed by atoms with Crippen molar-refractivity contribution in [3.8, 4) is 12.3 Å². The number of hydrogen-bond donors (Lipinski definition) is 2. The molecule has 1 rings (SSSR count). The Morgan fingerprint density at radius 3 is 2.88 bits per heavy atom. The second-order valence-corrected chi connectivity index (χ2v) is 4.21. The van der Waals surface area contributed by atoms with Crippen LogP contribution in [0.4, 0.5) is 0 Å². The van der Waals surface area contributed by atoms with Crippen LogP contribution >= 0.6 is 0 Å². The zero-order valence-electron chi connectivity index (χ0n) is 9.78. The third-order valence-electron chi connectivity index (χ3n) is 3.00. The van der Waals surface area contributed by atoms with E-state index in [1.807, 2.05) is 0 Å². The Morgan fingerprint density at radius 2 is 2.31 bits per heavy atom. The average molecular weight is 224 g/mol. The van der Waals surface area contributed by atoms with E-state index in [4.69, 9.17) is 6.42 Å². The smallest absolute Gasteiger partial charge is 0.222 e. The highest BCUT2D eigenvalue weighted by Crippen LogP contribution is 2.10. The van der Waals surface area contributed by atoms with Gasteiger partial charge >= 0.3 is 0 Å². The van der Waals surface area contributed by atoms with E-state index in [1.165, 1.54) is 0 Å². The van der Waals surface area contributed by atoms with Gasteiger partial charge in [0, 0.05) is 33.0 Å². The molecule has 0 saturated carbocycles. The molecule has 4 heteroatoms. The number of hydrogen-bond acceptors (Lipinski definition) is 3. The summed E-state index contributed by atoms with van der Waals surface area (Å²) in [6.07, 6.45) is 7.65. The topological polar surface area (TPSA) is 52.6 Å². The van der Waals surface area contributed by atoms with E-state index in [0.717, 1.165) is 19.3 Å². The van der Waals surface area contributed by atoms with Crippen LogP contribution in [0.25, 0.3) is 0 Å². The summed E-state index contributed by atoms with van der Waals surface area (Å²) in [6, 6.07) is -0.0832. The maximum absolute atomic E-state index is 11.8. The number of aliphatic hydroxyl groups is 1. The molecule has 0 bridgehead atoms. The van der Waals surface area contributed by atoms with Crippen molar-refractivity contribution in [1.29, 1.82) is 0 Å². The summed E-state index contributed by atoms with van der Waals surface area (Å²) in [5.41, 5.74) is 0. The fourth-order valence-corrected chi connectivity index (χ4v) is 1.91.